The molecule has 1 N–H and O–H groups in total. The summed E-state index contributed by atoms with van der Waals surface area (Å²) < 4.78 is 20.1. The average Bonchev–Trinajstić information content (AvgIpc) is 2.91. The standard InChI is InChI=1S/C20H24FN3O4/c1-12(25)22-9-16-11-24(20(27)28-16)15-7-13-5-4-6-14(10-23(2)3)19(26)18(13)17(21)8-15/h7-8,10,16H,4-6,9,11H2,1-3H3,(H,22,25)/b14-10-/t16-/m0/s1. The van der Waals surface area contributed by atoms with Crippen LogP contribution in [0.1, 0.15) is 35.7 Å². The molecule has 2 amide bonds. The van der Waals surface area contributed by atoms with Gasteiger partial charge in [0.25, 0.3) is 0 Å². The fourth-order valence-corrected chi connectivity index (χ4v) is 3.53. The lowest BCUT2D eigenvalue weighted by molar-refractivity contribution is -0.119. The second kappa shape index (κ2) is 8.00. The summed E-state index contributed by atoms with van der Waals surface area (Å²) in [5, 5.41) is 2.60. The first-order valence-electron chi connectivity index (χ1n) is 9.23. The minimum atomic E-state index is -0.637. The lowest BCUT2D eigenvalue weighted by Gasteiger charge is -2.17. The zero-order valence-electron chi connectivity index (χ0n) is 16.3. The first-order valence-corrected chi connectivity index (χ1v) is 9.23. The molecular formula is C20H24FN3O4. The van der Waals surface area contributed by atoms with Crippen LogP contribution in [-0.4, -0.2) is 56.0 Å². The zero-order valence-corrected chi connectivity index (χ0v) is 16.3. The van der Waals surface area contributed by atoms with Gasteiger partial charge in [-0.25, -0.2) is 9.18 Å². The number of ether oxygens (including phenoxy) is 1. The molecular weight excluding hydrogens is 365 g/mol. The van der Waals surface area contributed by atoms with E-state index in [1.807, 2.05) is 14.1 Å². The van der Waals surface area contributed by atoms with Gasteiger partial charge in [0, 0.05) is 32.8 Å². The summed E-state index contributed by atoms with van der Waals surface area (Å²) >= 11 is 0. The van der Waals surface area contributed by atoms with Crippen molar-refractivity contribution in [2.75, 3.05) is 32.1 Å². The smallest absolute Gasteiger partial charge is 0.414 e. The van der Waals surface area contributed by atoms with Crippen LogP contribution in [0.5, 0.6) is 0 Å². The van der Waals surface area contributed by atoms with E-state index in [2.05, 4.69) is 5.32 Å². The molecule has 28 heavy (non-hydrogen) atoms. The number of rotatable bonds is 4. The summed E-state index contributed by atoms with van der Waals surface area (Å²) in [6.07, 6.45) is 2.48. The number of halogens is 1. The Morgan fingerprint density at radius 1 is 1.36 bits per heavy atom. The number of benzene rings is 1. The Hall–Kier alpha value is -2.90. The van der Waals surface area contributed by atoms with Gasteiger partial charge in [0.2, 0.25) is 5.91 Å². The van der Waals surface area contributed by atoms with E-state index >= 15 is 0 Å². The molecule has 1 aromatic rings. The monoisotopic (exact) mass is 389 g/mol. The first kappa shape index (κ1) is 19.9. The number of ketones is 1. The van der Waals surface area contributed by atoms with Crippen molar-refractivity contribution in [1.29, 1.82) is 0 Å². The molecule has 1 aromatic carbocycles. The van der Waals surface area contributed by atoms with Crippen molar-refractivity contribution in [2.45, 2.75) is 32.3 Å². The van der Waals surface area contributed by atoms with E-state index in [-0.39, 0.29) is 30.3 Å². The Labute approximate surface area is 163 Å². The van der Waals surface area contributed by atoms with E-state index in [9.17, 15) is 18.8 Å². The predicted molar refractivity (Wildman–Crippen MR) is 102 cm³/mol. The van der Waals surface area contributed by atoms with E-state index in [1.54, 1.807) is 17.2 Å². The van der Waals surface area contributed by atoms with E-state index in [0.717, 1.165) is 6.42 Å². The predicted octanol–water partition coefficient (Wildman–Crippen LogP) is 2.25. The van der Waals surface area contributed by atoms with Gasteiger partial charge in [0.05, 0.1) is 24.3 Å². The van der Waals surface area contributed by atoms with E-state index < -0.39 is 18.0 Å². The largest absolute Gasteiger partial charge is 0.442 e. The van der Waals surface area contributed by atoms with Crippen LogP contribution in [0.4, 0.5) is 14.9 Å². The molecule has 1 aliphatic carbocycles. The van der Waals surface area contributed by atoms with Crippen LogP contribution >= 0.6 is 0 Å². The van der Waals surface area contributed by atoms with Crippen LogP contribution in [0.3, 0.4) is 0 Å². The Bertz CT molecular complexity index is 850. The lowest BCUT2D eigenvalue weighted by atomic mass is 9.98. The average molecular weight is 389 g/mol. The number of carbonyl (C=O) groups excluding carboxylic acids is 3. The Balaban J connectivity index is 1.88. The summed E-state index contributed by atoms with van der Waals surface area (Å²) in [6, 6.07) is 2.90. The number of cyclic esters (lactones) is 1. The van der Waals surface area contributed by atoms with Crippen LogP contribution in [-0.2, 0) is 16.0 Å². The first-order chi connectivity index (χ1) is 13.3. The molecule has 3 rings (SSSR count). The SMILES string of the molecule is CC(=O)NC[C@H]1CN(c2cc(F)c3c(c2)CCC/C(=C/N(C)C)C3=O)C(=O)O1. The van der Waals surface area contributed by atoms with Gasteiger partial charge in [-0.3, -0.25) is 14.5 Å². The number of allylic oxidation sites excluding steroid dienone is 1. The van der Waals surface area contributed by atoms with Crippen molar-refractivity contribution in [3.63, 3.8) is 0 Å². The van der Waals surface area contributed by atoms with Crippen molar-refractivity contribution < 1.29 is 23.5 Å². The molecule has 1 aliphatic heterocycles. The molecule has 0 radical (unpaired) electrons. The quantitative estimate of drug-likeness (QED) is 0.631. The van der Waals surface area contributed by atoms with Gasteiger partial charge in [0.15, 0.2) is 5.78 Å². The van der Waals surface area contributed by atoms with Gasteiger partial charge in [-0.2, -0.15) is 0 Å². The third-order valence-corrected chi connectivity index (χ3v) is 4.75. The molecule has 0 spiro atoms. The van der Waals surface area contributed by atoms with Gasteiger partial charge in [-0.15, -0.1) is 0 Å². The van der Waals surface area contributed by atoms with E-state index in [1.165, 1.54) is 17.9 Å². The summed E-state index contributed by atoms with van der Waals surface area (Å²) in [5.41, 5.74) is 1.61. The van der Waals surface area contributed by atoms with Crippen molar-refractivity contribution in [3.8, 4) is 0 Å². The van der Waals surface area contributed by atoms with E-state index in [0.29, 0.717) is 29.7 Å². The summed E-state index contributed by atoms with van der Waals surface area (Å²) in [7, 11) is 3.64. The zero-order chi connectivity index (χ0) is 20.4. The van der Waals surface area contributed by atoms with E-state index in [4.69, 9.17) is 4.74 Å². The second-order valence-electron chi connectivity index (χ2n) is 7.32. The van der Waals surface area contributed by atoms with Gasteiger partial charge in [-0.1, -0.05) is 0 Å². The third-order valence-electron chi connectivity index (χ3n) is 4.75. The van der Waals surface area contributed by atoms with Crippen LogP contribution < -0.4 is 10.2 Å². The van der Waals surface area contributed by atoms with Crippen LogP contribution in [0.2, 0.25) is 0 Å². The summed E-state index contributed by atoms with van der Waals surface area (Å²) in [5.74, 6) is -1.16. The Kier molecular flexibility index (Phi) is 5.67. The molecule has 0 unspecified atom stereocenters. The fourth-order valence-electron chi connectivity index (χ4n) is 3.53. The third kappa shape index (κ3) is 4.16. The summed E-state index contributed by atoms with van der Waals surface area (Å²) in [6.45, 7) is 1.78. The van der Waals surface area contributed by atoms with Crippen LogP contribution in [0, 0.1) is 5.82 Å². The number of Topliss-reactive ketones (excluding diaryl/α,β-unsaturated/α-hetero) is 1. The highest BCUT2D eigenvalue weighted by Gasteiger charge is 2.34. The van der Waals surface area contributed by atoms with Crippen molar-refractivity contribution >= 4 is 23.5 Å². The number of nitrogens with one attached hydrogen (secondary N) is 1. The minimum Gasteiger partial charge on any atom is -0.442 e. The maximum absolute atomic E-state index is 14.9. The molecule has 0 aromatic heterocycles. The normalized spacial score (nSPS) is 20.6. The molecule has 1 fully saturated rings. The van der Waals surface area contributed by atoms with Crippen molar-refractivity contribution in [3.05, 3.63) is 40.8 Å². The number of nitrogens with zero attached hydrogens (tertiary/aromatic N) is 2. The minimum absolute atomic E-state index is 0.0803. The van der Waals surface area contributed by atoms with Crippen molar-refractivity contribution in [2.24, 2.45) is 0 Å². The number of hydrogen-bond donors (Lipinski definition) is 1. The maximum atomic E-state index is 14.9. The van der Waals surface area contributed by atoms with Gasteiger partial charge >= 0.3 is 6.09 Å². The molecule has 150 valence electrons. The Morgan fingerprint density at radius 2 is 2.11 bits per heavy atom. The topological polar surface area (TPSA) is 79.0 Å². The molecule has 2 aliphatic rings. The maximum Gasteiger partial charge on any atom is 0.414 e. The number of hydrogen-bond acceptors (Lipinski definition) is 5. The molecule has 1 atom stereocenters. The van der Waals surface area contributed by atoms with Crippen molar-refractivity contribution in [1.82, 2.24) is 10.2 Å². The second-order valence-corrected chi connectivity index (χ2v) is 7.32. The summed E-state index contributed by atoms with van der Waals surface area (Å²) in [4.78, 5) is 39.2. The van der Waals surface area contributed by atoms with Gasteiger partial charge in [-0.05, 0) is 37.0 Å². The van der Waals surface area contributed by atoms with Crippen LogP contribution in [0.15, 0.2) is 23.9 Å². The number of amides is 2. The molecule has 8 heteroatoms. The highest BCUT2D eigenvalue weighted by molar-refractivity contribution is 6.10. The Morgan fingerprint density at radius 3 is 2.79 bits per heavy atom. The number of fused-ring (bicyclic) bond motifs is 1. The van der Waals surface area contributed by atoms with Gasteiger partial charge < -0.3 is 15.0 Å². The van der Waals surface area contributed by atoms with Gasteiger partial charge in [0.1, 0.15) is 11.9 Å². The number of anilines is 1. The molecule has 1 saturated heterocycles. The lowest BCUT2D eigenvalue weighted by Crippen LogP contribution is -2.33. The number of carbonyl (C=O) groups is 3. The van der Waals surface area contributed by atoms with Crippen LogP contribution in [0.25, 0.3) is 0 Å². The molecule has 0 bridgehead atoms. The molecule has 7 nitrogen and oxygen atoms in total. The highest BCUT2D eigenvalue weighted by atomic mass is 19.1. The molecule has 0 saturated carbocycles. The highest BCUT2D eigenvalue weighted by Crippen LogP contribution is 2.32. The fraction of sp³-hybridized carbons (Fsp3) is 0.450. The number of aryl methyl sites for hydroxylation is 1. The molecule has 1 heterocycles.